The minimum atomic E-state index is -3.67. The number of rotatable bonds is 10. The van der Waals surface area contributed by atoms with Gasteiger partial charge in [-0.25, -0.2) is 23.1 Å². The number of nitrogens with zero attached hydrogens (tertiary/aromatic N) is 2. The molecule has 9 nitrogen and oxygen atoms in total. The molecule has 2 aromatic carbocycles. The highest BCUT2D eigenvalue weighted by Gasteiger charge is 2.22. The highest BCUT2D eigenvalue weighted by Crippen LogP contribution is 2.40. The van der Waals surface area contributed by atoms with Crippen molar-refractivity contribution in [1.82, 2.24) is 19.7 Å². The molecule has 0 spiro atoms. The highest BCUT2D eigenvalue weighted by molar-refractivity contribution is 7.89. The summed E-state index contributed by atoms with van der Waals surface area (Å²) < 4.78 is 39.7. The number of benzene rings is 2. The zero-order valence-corrected chi connectivity index (χ0v) is 23.3. The van der Waals surface area contributed by atoms with E-state index in [1.54, 1.807) is 18.5 Å². The molecule has 206 valence electrons. The van der Waals surface area contributed by atoms with E-state index in [0.717, 1.165) is 53.0 Å². The molecule has 1 aliphatic rings. The fraction of sp³-hybridized carbons (Fsp3) is 0.379. The van der Waals surface area contributed by atoms with Crippen LogP contribution in [0.2, 0.25) is 0 Å². The van der Waals surface area contributed by atoms with E-state index in [0.29, 0.717) is 18.8 Å². The molecule has 39 heavy (non-hydrogen) atoms. The fourth-order valence-corrected chi connectivity index (χ4v) is 5.71. The van der Waals surface area contributed by atoms with E-state index >= 15 is 0 Å². The third kappa shape index (κ3) is 6.47. The van der Waals surface area contributed by atoms with Gasteiger partial charge < -0.3 is 19.8 Å². The lowest BCUT2D eigenvalue weighted by atomic mass is 9.99. The Balaban J connectivity index is 1.46. The smallest absolute Gasteiger partial charge is 0.240 e. The van der Waals surface area contributed by atoms with Gasteiger partial charge in [0.2, 0.25) is 10.0 Å². The molecule has 1 fully saturated rings. The van der Waals surface area contributed by atoms with Crippen LogP contribution in [0, 0.1) is 0 Å². The molecule has 1 unspecified atom stereocenters. The molecule has 1 aliphatic heterocycles. The molecule has 1 atom stereocenters. The second-order valence-corrected chi connectivity index (χ2v) is 12.4. The summed E-state index contributed by atoms with van der Waals surface area (Å²) >= 11 is 0. The average molecular weight is 550 g/mol. The maximum Gasteiger partial charge on any atom is 0.240 e. The number of hydrogen-bond donors (Lipinski definition) is 3. The van der Waals surface area contributed by atoms with Crippen LogP contribution in [0.3, 0.4) is 0 Å². The quantitative estimate of drug-likeness (QED) is 0.239. The Labute approximate surface area is 229 Å². The summed E-state index contributed by atoms with van der Waals surface area (Å²) in [5.74, 6) is 0.734. The molecule has 0 bridgehead atoms. The molecular formula is C29H35N5O4S. The number of ether oxygens (including phenoxy) is 2. The summed E-state index contributed by atoms with van der Waals surface area (Å²) in [6.45, 7) is 7.75. The number of aromatic amines is 1. The van der Waals surface area contributed by atoms with Crippen molar-refractivity contribution < 1.29 is 17.9 Å². The molecule has 3 heterocycles. The first-order valence-corrected chi connectivity index (χ1v) is 14.7. The average Bonchev–Trinajstić information content (AvgIpc) is 3.58. The van der Waals surface area contributed by atoms with Crippen LogP contribution in [-0.4, -0.2) is 61.4 Å². The Morgan fingerprint density at radius 1 is 1.05 bits per heavy atom. The first kappa shape index (κ1) is 27.3. The number of hydrogen-bond acceptors (Lipinski definition) is 7. The van der Waals surface area contributed by atoms with Crippen molar-refractivity contribution in [3.8, 4) is 22.4 Å². The lowest BCUT2D eigenvalue weighted by Crippen LogP contribution is -2.30. The van der Waals surface area contributed by atoms with Crippen molar-refractivity contribution in [2.24, 2.45) is 0 Å². The molecule has 5 rings (SSSR count). The van der Waals surface area contributed by atoms with Crippen molar-refractivity contribution in [2.75, 3.05) is 31.6 Å². The summed E-state index contributed by atoms with van der Waals surface area (Å²) in [7, 11) is -3.67. The lowest BCUT2D eigenvalue weighted by molar-refractivity contribution is 0.000788. The topological polar surface area (TPSA) is 118 Å². The Kier molecular flexibility index (Phi) is 7.99. The Morgan fingerprint density at radius 3 is 2.51 bits per heavy atom. The monoisotopic (exact) mass is 549 g/mol. The van der Waals surface area contributed by atoms with Crippen molar-refractivity contribution in [2.45, 2.75) is 50.2 Å². The van der Waals surface area contributed by atoms with Crippen LogP contribution >= 0.6 is 0 Å². The van der Waals surface area contributed by atoms with Gasteiger partial charge >= 0.3 is 0 Å². The van der Waals surface area contributed by atoms with E-state index in [1.165, 1.54) is 0 Å². The second kappa shape index (κ2) is 11.4. The molecule has 0 radical (unpaired) electrons. The van der Waals surface area contributed by atoms with Gasteiger partial charge in [0.05, 0.1) is 34.3 Å². The van der Waals surface area contributed by atoms with Gasteiger partial charge in [0.15, 0.2) is 0 Å². The molecule has 4 aromatic rings. The minimum absolute atomic E-state index is 0.164. The van der Waals surface area contributed by atoms with Gasteiger partial charge in [-0.15, -0.1) is 0 Å². The van der Waals surface area contributed by atoms with E-state index in [4.69, 9.17) is 9.47 Å². The van der Waals surface area contributed by atoms with Gasteiger partial charge in [-0.05, 0) is 56.9 Å². The van der Waals surface area contributed by atoms with Crippen molar-refractivity contribution in [3.05, 3.63) is 60.9 Å². The fourth-order valence-electron chi connectivity index (χ4n) is 4.70. The van der Waals surface area contributed by atoms with Crippen LogP contribution in [0.25, 0.3) is 33.4 Å². The van der Waals surface area contributed by atoms with E-state index in [1.807, 2.05) is 63.2 Å². The largest absolute Gasteiger partial charge is 0.376 e. The normalized spacial score (nSPS) is 16.1. The third-order valence-electron chi connectivity index (χ3n) is 6.56. The Morgan fingerprint density at radius 2 is 1.82 bits per heavy atom. The molecule has 3 N–H and O–H groups in total. The van der Waals surface area contributed by atoms with E-state index in [-0.39, 0.29) is 23.1 Å². The van der Waals surface area contributed by atoms with Crippen molar-refractivity contribution in [3.63, 3.8) is 0 Å². The third-order valence-corrected chi connectivity index (χ3v) is 8.03. The van der Waals surface area contributed by atoms with Gasteiger partial charge in [0.1, 0.15) is 17.8 Å². The van der Waals surface area contributed by atoms with E-state index in [9.17, 15) is 8.42 Å². The number of anilines is 1. The standard InChI is InChI=1S/C29H35N5O4S/c1-29(2,3)38-17-15-33-39(35,36)23-13-11-21(12-14-23)26-24(20-8-5-4-6-9-20)25-27(31-19-32-28(25)34-26)30-18-22-10-7-16-37-22/h4-6,8-9,11-14,19,22,33H,7,10,15-18H2,1-3H3,(H2,30,31,32,34). The highest BCUT2D eigenvalue weighted by atomic mass is 32.2. The summed E-state index contributed by atoms with van der Waals surface area (Å²) in [5.41, 5.74) is 4.01. The Hall–Kier alpha value is -3.31. The molecule has 0 saturated carbocycles. The molecular weight excluding hydrogens is 514 g/mol. The van der Waals surface area contributed by atoms with Gasteiger partial charge in [0, 0.05) is 25.3 Å². The van der Waals surface area contributed by atoms with E-state index < -0.39 is 10.0 Å². The van der Waals surface area contributed by atoms with Gasteiger partial charge in [-0.2, -0.15) is 0 Å². The first-order valence-electron chi connectivity index (χ1n) is 13.2. The number of sulfonamides is 1. The maximum atomic E-state index is 12.8. The van der Waals surface area contributed by atoms with Crippen LogP contribution in [0.5, 0.6) is 0 Å². The number of aromatic nitrogens is 3. The predicted octanol–water partition coefficient (Wildman–Crippen LogP) is 4.98. The Bertz CT molecular complexity index is 1510. The summed E-state index contributed by atoms with van der Waals surface area (Å²) in [6, 6.07) is 16.9. The van der Waals surface area contributed by atoms with Crippen LogP contribution in [0.1, 0.15) is 33.6 Å². The second-order valence-electron chi connectivity index (χ2n) is 10.6. The minimum Gasteiger partial charge on any atom is -0.376 e. The first-order chi connectivity index (χ1) is 18.7. The zero-order valence-electron chi connectivity index (χ0n) is 22.5. The molecule has 2 aromatic heterocycles. The maximum absolute atomic E-state index is 12.8. The zero-order chi connectivity index (χ0) is 27.5. The van der Waals surface area contributed by atoms with Crippen LogP contribution in [0.4, 0.5) is 5.82 Å². The molecule has 0 amide bonds. The lowest BCUT2D eigenvalue weighted by Gasteiger charge is -2.19. The van der Waals surface area contributed by atoms with Crippen molar-refractivity contribution >= 4 is 26.9 Å². The van der Waals surface area contributed by atoms with E-state index in [2.05, 4.69) is 25.0 Å². The van der Waals surface area contributed by atoms with Gasteiger partial charge in [-0.3, -0.25) is 0 Å². The summed E-state index contributed by atoms with van der Waals surface area (Å²) in [4.78, 5) is 12.7. The number of H-pyrrole nitrogens is 1. The molecule has 10 heteroatoms. The summed E-state index contributed by atoms with van der Waals surface area (Å²) in [6.07, 6.45) is 3.80. The van der Waals surface area contributed by atoms with Gasteiger partial charge in [0.25, 0.3) is 0 Å². The SMILES string of the molecule is CC(C)(C)OCCNS(=O)(=O)c1ccc(-c2[nH]c3ncnc(NCC4CCCO4)c3c2-c2ccccc2)cc1. The summed E-state index contributed by atoms with van der Waals surface area (Å²) in [5, 5.41) is 4.36. The molecule has 0 aliphatic carbocycles. The molecule has 1 saturated heterocycles. The van der Waals surface area contributed by atoms with Crippen LogP contribution < -0.4 is 10.0 Å². The predicted molar refractivity (Wildman–Crippen MR) is 153 cm³/mol. The number of fused-ring (bicyclic) bond motifs is 1. The van der Waals surface area contributed by atoms with Crippen LogP contribution in [-0.2, 0) is 19.5 Å². The number of nitrogens with one attached hydrogen (secondary N) is 3. The van der Waals surface area contributed by atoms with Crippen molar-refractivity contribution in [1.29, 1.82) is 0 Å². The van der Waals surface area contributed by atoms with Gasteiger partial charge in [-0.1, -0.05) is 42.5 Å². The van der Waals surface area contributed by atoms with Crippen LogP contribution in [0.15, 0.2) is 65.8 Å².